The van der Waals surface area contributed by atoms with Crippen molar-refractivity contribution in [2.75, 3.05) is 0 Å². The first-order valence-corrected chi connectivity index (χ1v) is 6.23. The molecular weight excluding hydrogens is 274 g/mol. The normalized spacial score (nSPS) is 10.4. The van der Waals surface area contributed by atoms with Crippen molar-refractivity contribution in [2.24, 2.45) is 0 Å². The second-order valence-corrected chi connectivity index (χ2v) is 4.62. The van der Waals surface area contributed by atoms with Crippen LogP contribution < -0.4 is 10.2 Å². The van der Waals surface area contributed by atoms with Gasteiger partial charge in [0.1, 0.15) is 5.76 Å². The van der Waals surface area contributed by atoms with E-state index in [4.69, 9.17) is 4.42 Å². The summed E-state index contributed by atoms with van der Waals surface area (Å²) < 4.78 is 7.17. The Morgan fingerprint density at radius 3 is 2.48 bits per heavy atom. The molecule has 0 N–H and O–H groups in total. The van der Waals surface area contributed by atoms with Crippen LogP contribution in [0.4, 0.5) is 0 Å². The highest BCUT2D eigenvalue weighted by molar-refractivity contribution is 6.14. The Kier molecular flexibility index (Phi) is 3.98. The lowest BCUT2D eigenvalue weighted by Crippen LogP contribution is -2.36. The number of aliphatic carboxylic acids is 2. The number of carbonyl (C=O) groups is 2. The van der Waals surface area contributed by atoms with E-state index in [1.54, 1.807) is 25.3 Å². The highest BCUT2D eigenvalue weighted by Crippen LogP contribution is 2.19. The minimum atomic E-state index is -1.77. The van der Waals surface area contributed by atoms with E-state index in [-0.39, 0.29) is 0 Å². The van der Waals surface area contributed by atoms with E-state index in [9.17, 15) is 19.8 Å². The molecule has 110 valence electrons. The van der Waals surface area contributed by atoms with E-state index in [1.807, 2.05) is 17.6 Å². The van der Waals surface area contributed by atoms with Gasteiger partial charge < -0.3 is 28.8 Å². The molecule has 2 rings (SSSR count). The number of carboxylic acid groups (broad SMARTS) is 2. The second-order valence-electron chi connectivity index (χ2n) is 4.62. The van der Waals surface area contributed by atoms with Crippen molar-refractivity contribution in [2.45, 2.75) is 20.4 Å². The van der Waals surface area contributed by atoms with Crippen LogP contribution in [0.2, 0.25) is 0 Å². The fourth-order valence-electron chi connectivity index (χ4n) is 2.13. The molecule has 21 heavy (non-hydrogen) atoms. The predicted molar refractivity (Wildman–Crippen MR) is 69.7 cm³/mol. The van der Waals surface area contributed by atoms with Gasteiger partial charge in [0.05, 0.1) is 24.7 Å². The Labute approximate surface area is 120 Å². The Bertz CT molecular complexity index is 691. The van der Waals surface area contributed by atoms with Crippen molar-refractivity contribution in [3.63, 3.8) is 0 Å². The number of furan rings is 1. The van der Waals surface area contributed by atoms with Crippen LogP contribution in [-0.4, -0.2) is 16.5 Å². The van der Waals surface area contributed by atoms with Gasteiger partial charge in [0.2, 0.25) is 0 Å². The Balaban J connectivity index is 2.41. The summed E-state index contributed by atoms with van der Waals surface area (Å²) in [5, 5.41) is 21.6. The first-order chi connectivity index (χ1) is 9.90. The molecule has 0 saturated carbocycles. The molecule has 2 aromatic rings. The maximum Gasteiger partial charge on any atom is 0.123 e. The summed E-state index contributed by atoms with van der Waals surface area (Å²) in [6, 6.07) is 5.29. The number of nitrogens with zero attached hydrogens (tertiary/aromatic N) is 1. The molecule has 0 aliphatic carbocycles. The van der Waals surface area contributed by atoms with Crippen molar-refractivity contribution in [1.82, 2.24) is 4.57 Å². The van der Waals surface area contributed by atoms with Gasteiger partial charge in [0, 0.05) is 17.0 Å². The number of hydrogen-bond donors (Lipinski definition) is 0. The van der Waals surface area contributed by atoms with Gasteiger partial charge in [-0.05, 0) is 43.7 Å². The van der Waals surface area contributed by atoms with E-state index in [1.165, 1.54) is 0 Å². The zero-order chi connectivity index (χ0) is 15.6. The summed E-state index contributed by atoms with van der Waals surface area (Å²) in [7, 11) is 0. The molecule has 0 fully saturated rings. The third-order valence-corrected chi connectivity index (χ3v) is 3.25. The summed E-state index contributed by atoms with van der Waals surface area (Å²) in [4.78, 5) is 21.6. The first-order valence-electron chi connectivity index (χ1n) is 6.23. The van der Waals surface area contributed by atoms with Gasteiger partial charge in [-0.1, -0.05) is 0 Å². The molecule has 0 aliphatic rings. The summed E-state index contributed by atoms with van der Waals surface area (Å²) in [6.07, 6.45) is 2.61. The molecule has 0 radical (unpaired) electrons. The molecule has 0 unspecified atom stereocenters. The monoisotopic (exact) mass is 287 g/mol. The van der Waals surface area contributed by atoms with Crippen LogP contribution in [0.3, 0.4) is 0 Å². The minimum absolute atomic E-state index is 0.477. The average molecular weight is 287 g/mol. The van der Waals surface area contributed by atoms with Gasteiger partial charge >= 0.3 is 0 Å². The predicted octanol–water partition coefficient (Wildman–Crippen LogP) is -0.371. The maximum atomic E-state index is 10.8. The summed E-state index contributed by atoms with van der Waals surface area (Å²) in [6.45, 7) is 4.08. The SMILES string of the molecule is Cc1cc(C=C(C(=O)[O-])C(=O)[O-])c(C)n1Cc1ccco1. The van der Waals surface area contributed by atoms with E-state index in [2.05, 4.69) is 0 Å². The highest BCUT2D eigenvalue weighted by atomic mass is 16.4. The molecule has 0 aliphatic heterocycles. The summed E-state index contributed by atoms with van der Waals surface area (Å²) in [5.41, 5.74) is 1.19. The maximum absolute atomic E-state index is 10.8. The molecule has 0 aromatic carbocycles. The van der Waals surface area contributed by atoms with Crippen LogP contribution in [0.1, 0.15) is 22.7 Å². The smallest absolute Gasteiger partial charge is 0.123 e. The largest absolute Gasteiger partial charge is 0.545 e. The lowest BCUT2D eigenvalue weighted by atomic mass is 10.1. The van der Waals surface area contributed by atoms with Gasteiger partial charge in [0.25, 0.3) is 0 Å². The number of carboxylic acids is 2. The van der Waals surface area contributed by atoms with Crippen molar-refractivity contribution < 1.29 is 24.2 Å². The van der Waals surface area contributed by atoms with Crippen molar-refractivity contribution in [3.8, 4) is 0 Å². The molecule has 0 spiro atoms. The van der Waals surface area contributed by atoms with E-state index in [0.717, 1.165) is 23.2 Å². The molecule has 6 heteroatoms. The topological polar surface area (TPSA) is 98.3 Å². The van der Waals surface area contributed by atoms with E-state index in [0.29, 0.717) is 12.1 Å². The Morgan fingerprint density at radius 2 is 1.95 bits per heavy atom. The molecule has 0 bridgehead atoms. The quantitative estimate of drug-likeness (QED) is 0.424. The molecule has 0 saturated heterocycles. The van der Waals surface area contributed by atoms with Crippen molar-refractivity contribution in [3.05, 3.63) is 52.7 Å². The van der Waals surface area contributed by atoms with Crippen LogP contribution in [0, 0.1) is 13.8 Å². The highest BCUT2D eigenvalue weighted by Gasteiger charge is 2.10. The van der Waals surface area contributed by atoms with Crippen LogP contribution in [-0.2, 0) is 16.1 Å². The van der Waals surface area contributed by atoms with Crippen LogP contribution in [0.5, 0.6) is 0 Å². The average Bonchev–Trinajstić information content (AvgIpc) is 2.99. The van der Waals surface area contributed by atoms with Crippen molar-refractivity contribution in [1.29, 1.82) is 0 Å². The summed E-state index contributed by atoms with van der Waals surface area (Å²) >= 11 is 0. The number of carbonyl (C=O) groups excluding carboxylic acids is 2. The third kappa shape index (κ3) is 3.05. The van der Waals surface area contributed by atoms with Crippen molar-refractivity contribution >= 4 is 18.0 Å². The van der Waals surface area contributed by atoms with E-state index < -0.39 is 17.5 Å². The Morgan fingerprint density at radius 1 is 1.29 bits per heavy atom. The lowest BCUT2D eigenvalue weighted by Gasteiger charge is -2.10. The fourth-order valence-corrected chi connectivity index (χ4v) is 2.13. The first kappa shape index (κ1) is 14.6. The molecule has 0 atom stereocenters. The zero-order valence-corrected chi connectivity index (χ0v) is 11.6. The lowest BCUT2D eigenvalue weighted by molar-refractivity contribution is -0.311. The van der Waals surface area contributed by atoms with Crippen LogP contribution in [0.15, 0.2) is 34.5 Å². The van der Waals surface area contributed by atoms with Gasteiger partial charge in [-0.2, -0.15) is 0 Å². The van der Waals surface area contributed by atoms with Gasteiger partial charge in [0.15, 0.2) is 0 Å². The van der Waals surface area contributed by atoms with Gasteiger partial charge in [-0.3, -0.25) is 0 Å². The number of aryl methyl sites for hydroxylation is 1. The van der Waals surface area contributed by atoms with Crippen LogP contribution in [0.25, 0.3) is 6.08 Å². The van der Waals surface area contributed by atoms with E-state index >= 15 is 0 Å². The minimum Gasteiger partial charge on any atom is -0.545 e. The number of hydrogen-bond acceptors (Lipinski definition) is 5. The van der Waals surface area contributed by atoms with Crippen LogP contribution >= 0.6 is 0 Å². The zero-order valence-electron chi connectivity index (χ0n) is 11.6. The molecule has 2 heterocycles. The van der Waals surface area contributed by atoms with Gasteiger partial charge in [-0.25, -0.2) is 0 Å². The molecular formula is C15H13NO5-2. The Hall–Kier alpha value is -2.76. The molecule has 2 aromatic heterocycles. The van der Waals surface area contributed by atoms with Gasteiger partial charge in [-0.15, -0.1) is 0 Å². The second kappa shape index (κ2) is 5.70. The fraction of sp³-hybridized carbons (Fsp3) is 0.200. The number of aromatic nitrogens is 1. The standard InChI is InChI=1S/C15H15NO5/c1-9-6-11(7-13(14(17)18)15(19)20)10(2)16(9)8-12-4-3-5-21-12/h3-7H,8H2,1-2H3,(H,17,18)(H,19,20)/p-2. The number of rotatable bonds is 5. The third-order valence-electron chi connectivity index (χ3n) is 3.25. The molecule has 6 nitrogen and oxygen atoms in total. The summed E-state index contributed by atoms with van der Waals surface area (Å²) in [5.74, 6) is -2.80. The molecule has 0 amide bonds.